The summed E-state index contributed by atoms with van der Waals surface area (Å²) in [7, 11) is 0. The van der Waals surface area contributed by atoms with Crippen molar-refractivity contribution in [2.45, 2.75) is 13.3 Å². The third-order valence-electron chi connectivity index (χ3n) is 1.07. The van der Waals surface area contributed by atoms with Crippen molar-refractivity contribution in [3.63, 3.8) is 0 Å². The highest BCUT2D eigenvalue weighted by Gasteiger charge is 2.02. The molecule has 0 N–H and O–H groups in total. The van der Waals surface area contributed by atoms with Crippen molar-refractivity contribution in [2.75, 3.05) is 0 Å². The van der Waals surface area contributed by atoms with Gasteiger partial charge in [-0.1, -0.05) is 13.0 Å². The molecule has 1 heteroatoms. The van der Waals surface area contributed by atoms with Crippen molar-refractivity contribution >= 4 is 5.78 Å². The van der Waals surface area contributed by atoms with Gasteiger partial charge >= 0.3 is 0 Å². The normalized spacial score (nSPS) is 12.8. The number of Topliss-reactive ketones (excluding diaryl/α,β-unsaturated/α-hetero) is 1. The van der Waals surface area contributed by atoms with Crippen molar-refractivity contribution in [2.24, 2.45) is 5.92 Å². The largest absolute Gasteiger partial charge is 0.299 e. The summed E-state index contributed by atoms with van der Waals surface area (Å²) in [4.78, 5) is 10.4. The molecule has 45 valence electrons. The number of carbonyl (C=O) groups excluding carboxylic acids is 1. The molecular formula is C7H11O. The average molecular weight is 111 g/mol. The summed E-state index contributed by atoms with van der Waals surface area (Å²) in [5, 5.41) is 0. The molecule has 0 aliphatic carbocycles. The Morgan fingerprint density at radius 1 is 1.88 bits per heavy atom. The van der Waals surface area contributed by atoms with E-state index in [1.807, 2.05) is 6.92 Å². The third-order valence-corrected chi connectivity index (χ3v) is 1.07. The Morgan fingerprint density at radius 3 is 2.50 bits per heavy atom. The maximum Gasteiger partial charge on any atom is 0.136 e. The Hall–Kier alpha value is -0.590. The van der Waals surface area contributed by atoms with Gasteiger partial charge in [-0.25, -0.2) is 0 Å². The number of allylic oxidation sites excluding steroid dienone is 1. The maximum atomic E-state index is 10.4. The lowest BCUT2D eigenvalue weighted by atomic mass is 10.0. The molecule has 0 bridgehead atoms. The number of hydrogen-bond donors (Lipinski definition) is 0. The molecule has 0 unspecified atom stereocenters. The van der Waals surface area contributed by atoms with E-state index >= 15 is 0 Å². The topological polar surface area (TPSA) is 17.1 Å². The smallest absolute Gasteiger partial charge is 0.136 e. The van der Waals surface area contributed by atoms with Crippen LogP contribution < -0.4 is 0 Å². The van der Waals surface area contributed by atoms with E-state index in [0.29, 0.717) is 0 Å². The Bertz CT molecular complexity index is 94.6. The van der Waals surface area contributed by atoms with Crippen LogP contribution in [0.2, 0.25) is 0 Å². The first-order valence-corrected chi connectivity index (χ1v) is 2.65. The van der Waals surface area contributed by atoms with Crippen molar-refractivity contribution in [3.05, 3.63) is 19.6 Å². The second-order valence-corrected chi connectivity index (χ2v) is 1.89. The van der Waals surface area contributed by atoms with Gasteiger partial charge in [-0.2, -0.15) is 0 Å². The first kappa shape index (κ1) is 7.41. The SMILES string of the molecule is [CH2]C(=O)[C@H](C)CC=C. The van der Waals surface area contributed by atoms with Gasteiger partial charge in [0.05, 0.1) is 0 Å². The summed E-state index contributed by atoms with van der Waals surface area (Å²) in [6.07, 6.45) is 2.47. The van der Waals surface area contributed by atoms with Crippen molar-refractivity contribution in [1.29, 1.82) is 0 Å². The highest BCUT2D eigenvalue weighted by Crippen LogP contribution is 2.01. The maximum absolute atomic E-state index is 10.4. The number of carbonyl (C=O) groups is 1. The Kier molecular flexibility index (Phi) is 3.16. The van der Waals surface area contributed by atoms with Crippen molar-refractivity contribution in [3.8, 4) is 0 Å². The summed E-state index contributed by atoms with van der Waals surface area (Å²) in [5.41, 5.74) is 0. The van der Waals surface area contributed by atoms with E-state index in [-0.39, 0.29) is 11.7 Å². The van der Waals surface area contributed by atoms with Gasteiger partial charge in [-0.15, -0.1) is 6.58 Å². The molecule has 0 aromatic heterocycles. The molecule has 0 heterocycles. The number of hydrogen-bond acceptors (Lipinski definition) is 1. The third kappa shape index (κ3) is 2.56. The molecule has 0 aromatic carbocycles. The molecule has 8 heavy (non-hydrogen) atoms. The molecule has 1 nitrogen and oxygen atoms in total. The van der Waals surface area contributed by atoms with Crippen LogP contribution in [0.5, 0.6) is 0 Å². The number of ketones is 1. The van der Waals surface area contributed by atoms with Gasteiger partial charge < -0.3 is 0 Å². The van der Waals surface area contributed by atoms with Gasteiger partial charge in [-0.05, 0) is 6.42 Å². The van der Waals surface area contributed by atoms with Crippen LogP contribution in [0, 0.1) is 12.8 Å². The quantitative estimate of drug-likeness (QED) is 0.505. The predicted octanol–water partition coefficient (Wildman–Crippen LogP) is 1.60. The van der Waals surface area contributed by atoms with Gasteiger partial charge in [-0.3, -0.25) is 4.79 Å². The van der Waals surface area contributed by atoms with E-state index in [1.165, 1.54) is 0 Å². The Morgan fingerprint density at radius 2 is 2.38 bits per heavy atom. The zero-order chi connectivity index (χ0) is 6.57. The summed E-state index contributed by atoms with van der Waals surface area (Å²) in [6, 6.07) is 0. The molecule has 0 spiro atoms. The molecule has 0 fully saturated rings. The van der Waals surface area contributed by atoms with E-state index in [4.69, 9.17) is 0 Å². The van der Waals surface area contributed by atoms with E-state index in [0.717, 1.165) is 6.42 Å². The molecule has 0 rings (SSSR count). The fourth-order valence-corrected chi connectivity index (χ4v) is 0.381. The first-order valence-electron chi connectivity index (χ1n) is 2.65. The average Bonchev–Trinajstić information content (AvgIpc) is 1.67. The van der Waals surface area contributed by atoms with Gasteiger partial charge in [0.2, 0.25) is 0 Å². The van der Waals surface area contributed by atoms with E-state index in [9.17, 15) is 4.79 Å². The first-order chi connectivity index (χ1) is 3.68. The van der Waals surface area contributed by atoms with Crippen LogP contribution in [0.15, 0.2) is 12.7 Å². The van der Waals surface area contributed by atoms with Crippen LogP contribution in [0.1, 0.15) is 13.3 Å². The highest BCUT2D eigenvalue weighted by atomic mass is 16.1. The summed E-state index contributed by atoms with van der Waals surface area (Å²) in [6.45, 7) is 8.62. The molecule has 1 radical (unpaired) electrons. The van der Waals surface area contributed by atoms with Crippen molar-refractivity contribution in [1.82, 2.24) is 0 Å². The fourth-order valence-electron chi connectivity index (χ4n) is 0.381. The molecule has 0 aromatic rings. The molecular weight excluding hydrogens is 100 g/mol. The number of rotatable bonds is 3. The van der Waals surface area contributed by atoms with Crippen molar-refractivity contribution < 1.29 is 4.79 Å². The van der Waals surface area contributed by atoms with Crippen LogP contribution in [0.25, 0.3) is 0 Å². The van der Waals surface area contributed by atoms with Gasteiger partial charge in [0.15, 0.2) is 0 Å². The van der Waals surface area contributed by atoms with Crippen LogP contribution in [0.3, 0.4) is 0 Å². The Balaban J connectivity index is 3.46. The second kappa shape index (κ2) is 3.42. The molecule has 0 aliphatic rings. The molecule has 1 atom stereocenters. The molecule has 0 saturated carbocycles. The van der Waals surface area contributed by atoms with E-state index < -0.39 is 0 Å². The zero-order valence-corrected chi connectivity index (χ0v) is 5.18. The van der Waals surface area contributed by atoms with Crippen LogP contribution >= 0.6 is 0 Å². The minimum Gasteiger partial charge on any atom is -0.299 e. The molecule has 0 amide bonds. The summed E-state index contributed by atoms with van der Waals surface area (Å²) >= 11 is 0. The second-order valence-electron chi connectivity index (χ2n) is 1.89. The molecule has 0 saturated heterocycles. The lowest BCUT2D eigenvalue weighted by molar-refractivity contribution is -0.117. The van der Waals surface area contributed by atoms with Gasteiger partial charge in [0, 0.05) is 12.8 Å². The standard InChI is InChI=1S/C7H11O/c1-4-5-6(2)7(3)8/h4,6H,1,3,5H2,2H3/t6-/m1/s1. The Labute approximate surface area is 50.4 Å². The van der Waals surface area contributed by atoms with E-state index in [2.05, 4.69) is 13.5 Å². The highest BCUT2D eigenvalue weighted by molar-refractivity contribution is 5.84. The van der Waals surface area contributed by atoms with Crippen LogP contribution in [-0.4, -0.2) is 5.78 Å². The lowest BCUT2D eigenvalue weighted by Gasteiger charge is -1.99. The zero-order valence-electron chi connectivity index (χ0n) is 5.18. The summed E-state index contributed by atoms with van der Waals surface area (Å²) < 4.78 is 0. The van der Waals surface area contributed by atoms with E-state index in [1.54, 1.807) is 6.08 Å². The van der Waals surface area contributed by atoms with Gasteiger partial charge in [0.1, 0.15) is 5.78 Å². The monoisotopic (exact) mass is 111 g/mol. The lowest BCUT2D eigenvalue weighted by Crippen LogP contribution is -2.04. The molecule has 0 aliphatic heterocycles. The minimum absolute atomic E-state index is 0.00935. The summed E-state index contributed by atoms with van der Waals surface area (Å²) in [5.74, 6) is 0.0393. The fraction of sp³-hybridized carbons (Fsp3) is 0.429. The predicted molar refractivity (Wildman–Crippen MR) is 34.3 cm³/mol. The van der Waals surface area contributed by atoms with Crippen LogP contribution in [0.4, 0.5) is 0 Å². The van der Waals surface area contributed by atoms with Crippen LogP contribution in [-0.2, 0) is 4.79 Å². The minimum atomic E-state index is -0.00935. The van der Waals surface area contributed by atoms with Gasteiger partial charge in [0.25, 0.3) is 0 Å².